The molecule has 1 atom stereocenters. The van der Waals surface area contributed by atoms with Gasteiger partial charge in [-0.05, 0) is 29.5 Å². The second-order valence-corrected chi connectivity index (χ2v) is 4.95. The fraction of sp³-hybridized carbons (Fsp3) is 0.500. The molecule has 15 heavy (non-hydrogen) atoms. The van der Waals surface area contributed by atoms with E-state index in [4.69, 9.17) is 5.73 Å². The maximum atomic E-state index is 12.9. The van der Waals surface area contributed by atoms with Gasteiger partial charge in [0.25, 0.3) is 0 Å². The van der Waals surface area contributed by atoms with Crippen molar-refractivity contribution in [2.75, 3.05) is 0 Å². The van der Waals surface area contributed by atoms with Crippen molar-refractivity contribution in [3.05, 3.63) is 35.4 Å². The lowest BCUT2D eigenvalue weighted by Gasteiger charge is -2.27. The lowest BCUT2D eigenvalue weighted by Crippen LogP contribution is -2.36. The molecule has 1 unspecified atom stereocenters. The third kappa shape index (κ3) is 3.59. The third-order valence-corrected chi connectivity index (χ3v) is 2.49. The van der Waals surface area contributed by atoms with Gasteiger partial charge in [0.2, 0.25) is 0 Å². The Bertz CT molecular complexity index is 322. The van der Waals surface area contributed by atoms with E-state index in [-0.39, 0.29) is 11.5 Å². The van der Waals surface area contributed by atoms with Crippen LogP contribution in [0, 0.1) is 17.0 Å². The molecule has 0 aliphatic carbocycles. The highest BCUT2D eigenvalue weighted by atomic mass is 19.1. The number of benzene rings is 1. The molecule has 1 aromatic carbocycles. The fourth-order valence-electron chi connectivity index (χ4n) is 1.29. The summed E-state index contributed by atoms with van der Waals surface area (Å²) in [7, 11) is 0. The van der Waals surface area contributed by atoms with Crippen LogP contribution in [0.4, 0.5) is 8.78 Å². The maximum absolute atomic E-state index is 12.9. The van der Waals surface area contributed by atoms with Crippen molar-refractivity contribution in [3.63, 3.8) is 0 Å². The van der Waals surface area contributed by atoms with Gasteiger partial charge >= 0.3 is 0 Å². The summed E-state index contributed by atoms with van der Waals surface area (Å²) in [5.41, 5.74) is 6.48. The van der Waals surface area contributed by atoms with Crippen LogP contribution in [0.15, 0.2) is 18.2 Å². The van der Waals surface area contributed by atoms with Gasteiger partial charge in [-0.25, -0.2) is 8.78 Å². The van der Waals surface area contributed by atoms with Gasteiger partial charge in [0.05, 0.1) is 0 Å². The summed E-state index contributed by atoms with van der Waals surface area (Å²) >= 11 is 0. The van der Waals surface area contributed by atoms with E-state index in [1.54, 1.807) is 0 Å². The topological polar surface area (TPSA) is 26.0 Å². The molecule has 1 rings (SSSR count). The Balaban J connectivity index is 2.81. The van der Waals surface area contributed by atoms with E-state index in [1.807, 2.05) is 20.8 Å². The van der Waals surface area contributed by atoms with Gasteiger partial charge in [-0.3, -0.25) is 0 Å². The number of halogens is 2. The van der Waals surface area contributed by atoms with Gasteiger partial charge in [0.1, 0.15) is 11.6 Å². The van der Waals surface area contributed by atoms with Crippen molar-refractivity contribution >= 4 is 0 Å². The summed E-state index contributed by atoms with van der Waals surface area (Å²) in [6.07, 6.45) is 0.484. The molecular weight excluding hydrogens is 196 g/mol. The van der Waals surface area contributed by atoms with Crippen LogP contribution in [-0.4, -0.2) is 6.04 Å². The molecule has 0 aromatic heterocycles. The normalized spacial score (nSPS) is 14.0. The minimum Gasteiger partial charge on any atom is -0.327 e. The first-order valence-corrected chi connectivity index (χ1v) is 4.99. The molecule has 0 saturated heterocycles. The molecule has 1 aromatic rings. The van der Waals surface area contributed by atoms with Crippen LogP contribution >= 0.6 is 0 Å². The molecule has 0 radical (unpaired) electrons. The Labute approximate surface area is 89.3 Å². The van der Waals surface area contributed by atoms with Crippen molar-refractivity contribution in [2.45, 2.75) is 33.2 Å². The van der Waals surface area contributed by atoms with Gasteiger partial charge in [-0.2, -0.15) is 0 Å². The minimum atomic E-state index is -0.550. The number of hydrogen-bond acceptors (Lipinski definition) is 1. The zero-order valence-corrected chi connectivity index (χ0v) is 9.35. The van der Waals surface area contributed by atoms with Crippen molar-refractivity contribution in [2.24, 2.45) is 11.1 Å². The maximum Gasteiger partial charge on any atom is 0.126 e. The van der Waals surface area contributed by atoms with E-state index < -0.39 is 11.6 Å². The summed E-state index contributed by atoms with van der Waals surface area (Å²) < 4.78 is 25.8. The van der Waals surface area contributed by atoms with Crippen molar-refractivity contribution in [3.8, 4) is 0 Å². The fourth-order valence-corrected chi connectivity index (χ4v) is 1.29. The Kier molecular flexibility index (Phi) is 3.45. The molecule has 0 saturated carbocycles. The molecule has 84 valence electrons. The van der Waals surface area contributed by atoms with Crippen LogP contribution in [0.2, 0.25) is 0 Å². The first kappa shape index (κ1) is 12.1. The van der Waals surface area contributed by atoms with Crippen LogP contribution in [-0.2, 0) is 6.42 Å². The summed E-state index contributed by atoms with van der Waals surface area (Å²) in [5.74, 6) is -1.10. The minimum absolute atomic E-state index is 0.0667. The van der Waals surface area contributed by atoms with Gasteiger partial charge in [-0.1, -0.05) is 20.8 Å². The smallest absolute Gasteiger partial charge is 0.126 e. The van der Waals surface area contributed by atoms with E-state index in [9.17, 15) is 8.78 Å². The number of hydrogen-bond donors (Lipinski definition) is 1. The molecule has 0 heterocycles. The molecule has 0 bridgehead atoms. The Morgan fingerprint density at radius 2 is 1.60 bits per heavy atom. The monoisotopic (exact) mass is 213 g/mol. The zero-order valence-electron chi connectivity index (χ0n) is 9.35. The van der Waals surface area contributed by atoms with Crippen molar-refractivity contribution in [1.29, 1.82) is 0 Å². The highest BCUT2D eigenvalue weighted by Gasteiger charge is 2.21. The number of rotatable bonds is 2. The van der Waals surface area contributed by atoms with Crippen LogP contribution in [0.1, 0.15) is 26.3 Å². The van der Waals surface area contributed by atoms with E-state index in [1.165, 1.54) is 12.1 Å². The SMILES string of the molecule is CC(C)(C)C(N)Cc1cc(F)cc(F)c1. The van der Waals surface area contributed by atoms with Crippen molar-refractivity contribution < 1.29 is 8.78 Å². The zero-order chi connectivity index (χ0) is 11.6. The predicted octanol–water partition coefficient (Wildman–Crippen LogP) is 2.88. The second-order valence-electron chi connectivity index (χ2n) is 4.95. The Hall–Kier alpha value is -0.960. The summed E-state index contributed by atoms with van der Waals surface area (Å²) in [6.45, 7) is 6.02. The standard InChI is InChI=1S/C12H17F2N/c1-12(2,3)11(15)6-8-4-9(13)7-10(14)5-8/h4-5,7,11H,6,15H2,1-3H3. The van der Waals surface area contributed by atoms with Crippen LogP contribution in [0.3, 0.4) is 0 Å². The molecule has 2 N–H and O–H groups in total. The van der Waals surface area contributed by atoms with Gasteiger partial charge < -0.3 is 5.73 Å². The van der Waals surface area contributed by atoms with Gasteiger partial charge in [0.15, 0.2) is 0 Å². The van der Waals surface area contributed by atoms with Crippen LogP contribution in [0.5, 0.6) is 0 Å². The van der Waals surface area contributed by atoms with Crippen molar-refractivity contribution in [1.82, 2.24) is 0 Å². The second kappa shape index (κ2) is 4.27. The average molecular weight is 213 g/mol. The molecule has 0 amide bonds. The molecule has 1 nitrogen and oxygen atoms in total. The Morgan fingerprint density at radius 3 is 2.00 bits per heavy atom. The predicted molar refractivity (Wildman–Crippen MR) is 57.5 cm³/mol. The van der Waals surface area contributed by atoms with Gasteiger partial charge in [-0.15, -0.1) is 0 Å². The van der Waals surface area contributed by atoms with Gasteiger partial charge in [0, 0.05) is 12.1 Å². The molecule has 0 fully saturated rings. The highest BCUT2D eigenvalue weighted by Crippen LogP contribution is 2.21. The largest absolute Gasteiger partial charge is 0.327 e. The average Bonchev–Trinajstić information content (AvgIpc) is 1.99. The summed E-state index contributed by atoms with van der Waals surface area (Å²) in [4.78, 5) is 0. The quantitative estimate of drug-likeness (QED) is 0.803. The Morgan fingerprint density at radius 1 is 1.13 bits per heavy atom. The molecular formula is C12H17F2N. The van der Waals surface area contributed by atoms with E-state index in [2.05, 4.69) is 0 Å². The van der Waals surface area contributed by atoms with Crippen LogP contribution < -0.4 is 5.73 Å². The van der Waals surface area contributed by atoms with E-state index in [0.29, 0.717) is 12.0 Å². The molecule has 0 aliphatic heterocycles. The summed E-state index contributed by atoms with van der Waals surface area (Å²) in [5, 5.41) is 0. The lowest BCUT2D eigenvalue weighted by molar-refractivity contribution is 0.318. The number of nitrogens with two attached hydrogens (primary N) is 1. The summed E-state index contributed by atoms with van der Waals surface area (Å²) in [6, 6.07) is 3.41. The van der Waals surface area contributed by atoms with Crippen LogP contribution in [0.25, 0.3) is 0 Å². The first-order valence-electron chi connectivity index (χ1n) is 4.99. The van der Waals surface area contributed by atoms with E-state index in [0.717, 1.165) is 6.07 Å². The first-order chi connectivity index (χ1) is 6.79. The van der Waals surface area contributed by atoms with E-state index >= 15 is 0 Å². The lowest BCUT2D eigenvalue weighted by atomic mass is 9.84. The molecule has 3 heteroatoms. The molecule has 0 spiro atoms. The highest BCUT2D eigenvalue weighted by molar-refractivity contribution is 5.19. The molecule has 0 aliphatic rings. The third-order valence-electron chi connectivity index (χ3n) is 2.49.